The molecule has 0 spiro atoms. The highest BCUT2D eigenvalue weighted by Crippen LogP contribution is 2.40. The highest BCUT2D eigenvalue weighted by molar-refractivity contribution is 5.52. The van der Waals surface area contributed by atoms with Crippen LogP contribution in [0.5, 0.6) is 23.1 Å². The zero-order chi connectivity index (χ0) is 20.1. The third-order valence-electron chi connectivity index (χ3n) is 4.77. The standard InChI is InChI=1S/C25H21NO3/c1-28-23-12-6-5-10-21(23)24(22-11-7-17-26-25(22)27)18-13-15-20(16-14-18)29-19-8-3-2-4-9-19/h2-17,24H,1H3,(H,26,27). The smallest absolute Gasteiger partial charge is 0.214 e. The second kappa shape index (κ2) is 8.48. The van der Waals surface area contributed by atoms with Crippen molar-refractivity contribution in [2.45, 2.75) is 5.92 Å². The van der Waals surface area contributed by atoms with E-state index in [9.17, 15) is 5.11 Å². The zero-order valence-electron chi connectivity index (χ0n) is 16.0. The van der Waals surface area contributed by atoms with Gasteiger partial charge in [0.25, 0.3) is 0 Å². The Balaban J connectivity index is 1.75. The third kappa shape index (κ3) is 4.06. The quantitative estimate of drug-likeness (QED) is 0.459. The summed E-state index contributed by atoms with van der Waals surface area (Å²) in [6, 6.07) is 29.0. The minimum atomic E-state index is -0.231. The van der Waals surface area contributed by atoms with Gasteiger partial charge in [0.15, 0.2) is 0 Å². The number of hydrogen-bond donors (Lipinski definition) is 1. The summed E-state index contributed by atoms with van der Waals surface area (Å²) in [5.74, 6) is 2.06. The van der Waals surface area contributed by atoms with Gasteiger partial charge < -0.3 is 14.6 Å². The van der Waals surface area contributed by atoms with E-state index in [1.807, 2.05) is 91.0 Å². The lowest BCUT2D eigenvalue weighted by Gasteiger charge is -2.21. The van der Waals surface area contributed by atoms with Crippen LogP contribution in [0.2, 0.25) is 0 Å². The Labute approximate surface area is 170 Å². The van der Waals surface area contributed by atoms with Gasteiger partial charge in [0, 0.05) is 23.2 Å². The van der Waals surface area contributed by atoms with Crippen LogP contribution in [-0.2, 0) is 0 Å². The summed E-state index contributed by atoms with van der Waals surface area (Å²) in [5.41, 5.74) is 2.67. The molecule has 3 aromatic carbocycles. The molecule has 4 heteroatoms. The lowest BCUT2D eigenvalue weighted by atomic mass is 9.85. The van der Waals surface area contributed by atoms with E-state index in [2.05, 4.69) is 4.98 Å². The number of hydrogen-bond acceptors (Lipinski definition) is 4. The van der Waals surface area contributed by atoms with Gasteiger partial charge in [0.1, 0.15) is 17.2 Å². The molecule has 0 fully saturated rings. The van der Waals surface area contributed by atoms with Gasteiger partial charge in [-0.2, -0.15) is 0 Å². The van der Waals surface area contributed by atoms with Gasteiger partial charge in [-0.25, -0.2) is 4.98 Å². The predicted octanol–water partition coefficient (Wildman–Crippen LogP) is 5.77. The SMILES string of the molecule is COc1ccccc1C(c1ccc(Oc2ccccc2)cc1)c1cccnc1O. The molecule has 0 radical (unpaired) electrons. The van der Waals surface area contributed by atoms with Gasteiger partial charge in [0.2, 0.25) is 5.88 Å². The van der Waals surface area contributed by atoms with Gasteiger partial charge in [-0.1, -0.05) is 54.6 Å². The molecule has 4 nitrogen and oxygen atoms in total. The maximum Gasteiger partial charge on any atom is 0.214 e. The number of para-hydroxylation sites is 2. The first-order chi connectivity index (χ1) is 14.3. The van der Waals surface area contributed by atoms with E-state index >= 15 is 0 Å². The topological polar surface area (TPSA) is 51.6 Å². The minimum Gasteiger partial charge on any atom is -0.496 e. The number of aromatic nitrogens is 1. The summed E-state index contributed by atoms with van der Waals surface area (Å²) in [7, 11) is 1.65. The van der Waals surface area contributed by atoms with E-state index in [0.717, 1.165) is 28.4 Å². The van der Waals surface area contributed by atoms with Crippen molar-refractivity contribution in [1.29, 1.82) is 0 Å². The molecule has 1 heterocycles. The van der Waals surface area contributed by atoms with Crippen LogP contribution in [0.25, 0.3) is 0 Å². The molecular formula is C25H21NO3. The van der Waals surface area contributed by atoms with Crippen molar-refractivity contribution in [2.75, 3.05) is 7.11 Å². The number of rotatable bonds is 6. The van der Waals surface area contributed by atoms with Gasteiger partial charge in [-0.15, -0.1) is 0 Å². The molecule has 144 valence electrons. The van der Waals surface area contributed by atoms with Gasteiger partial charge in [-0.05, 0) is 42.0 Å². The average molecular weight is 383 g/mol. The van der Waals surface area contributed by atoms with Crippen molar-refractivity contribution in [3.05, 3.63) is 114 Å². The number of methoxy groups -OCH3 is 1. The Morgan fingerprint density at radius 2 is 1.38 bits per heavy atom. The monoisotopic (exact) mass is 383 g/mol. The largest absolute Gasteiger partial charge is 0.496 e. The van der Waals surface area contributed by atoms with Crippen LogP contribution < -0.4 is 9.47 Å². The molecule has 0 aliphatic rings. The van der Waals surface area contributed by atoms with Crippen LogP contribution in [0.3, 0.4) is 0 Å². The zero-order valence-corrected chi connectivity index (χ0v) is 16.0. The van der Waals surface area contributed by atoms with Crippen molar-refractivity contribution >= 4 is 0 Å². The van der Waals surface area contributed by atoms with Crippen LogP contribution >= 0.6 is 0 Å². The van der Waals surface area contributed by atoms with Crippen LogP contribution in [0, 0.1) is 0 Å². The van der Waals surface area contributed by atoms with Gasteiger partial charge in [0.05, 0.1) is 7.11 Å². The number of pyridine rings is 1. The molecule has 4 aromatic rings. The molecular weight excluding hydrogens is 362 g/mol. The van der Waals surface area contributed by atoms with Crippen LogP contribution in [0.15, 0.2) is 97.2 Å². The van der Waals surface area contributed by atoms with E-state index in [0.29, 0.717) is 5.56 Å². The second-order valence-corrected chi connectivity index (χ2v) is 6.58. The third-order valence-corrected chi connectivity index (χ3v) is 4.77. The lowest BCUT2D eigenvalue weighted by molar-refractivity contribution is 0.407. The normalized spacial score (nSPS) is 11.6. The highest BCUT2D eigenvalue weighted by Gasteiger charge is 2.23. The maximum atomic E-state index is 10.4. The summed E-state index contributed by atoms with van der Waals surface area (Å²) in [6.07, 6.45) is 1.58. The van der Waals surface area contributed by atoms with Crippen LogP contribution in [0.4, 0.5) is 0 Å². The predicted molar refractivity (Wildman–Crippen MR) is 113 cm³/mol. The van der Waals surface area contributed by atoms with Crippen molar-refractivity contribution in [2.24, 2.45) is 0 Å². The molecule has 0 bridgehead atoms. The lowest BCUT2D eigenvalue weighted by Crippen LogP contribution is -2.06. The van der Waals surface area contributed by atoms with E-state index in [1.165, 1.54) is 0 Å². The van der Waals surface area contributed by atoms with Gasteiger partial charge in [-0.3, -0.25) is 0 Å². The van der Waals surface area contributed by atoms with Crippen LogP contribution in [0.1, 0.15) is 22.6 Å². The van der Waals surface area contributed by atoms with E-state index in [1.54, 1.807) is 13.3 Å². The molecule has 1 unspecified atom stereocenters. The first-order valence-electron chi connectivity index (χ1n) is 9.36. The van der Waals surface area contributed by atoms with E-state index < -0.39 is 0 Å². The summed E-state index contributed by atoms with van der Waals surface area (Å²) < 4.78 is 11.5. The van der Waals surface area contributed by atoms with Crippen molar-refractivity contribution in [3.63, 3.8) is 0 Å². The maximum absolute atomic E-state index is 10.4. The molecule has 0 aliphatic carbocycles. The molecule has 0 aliphatic heterocycles. The first kappa shape index (κ1) is 18.6. The molecule has 29 heavy (non-hydrogen) atoms. The Bertz CT molecular complexity index is 1080. The Hall–Kier alpha value is -3.79. The van der Waals surface area contributed by atoms with E-state index in [-0.39, 0.29) is 11.8 Å². The van der Waals surface area contributed by atoms with Crippen molar-refractivity contribution in [3.8, 4) is 23.1 Å². The Morgan fingerprint density at radius 1 is 0.724 bits per heavy atom. The van der Waals surface area contributed by atoms with Crippen molar-refractivity contribution < 1.29 is 14.6 Å². The fourth-order valence-electron chi connectivity index (χ4n) is 3.42. The highest BCUT2D eigenvalue weighted by atomic mass is 16.5. The summed E-state index contributed by atoms with van der Waals surface area (Å²) in [6.45, 7) is 0. The van der Waals surface area contributed by atoms with Crippen molar-refractivity contribution in [1.82, 2.24) is 4.98 Å². The molecule has 0 saturated carbocycles. The second-order valence-electron chi connectivity index (χ2n) is 6.58. The summed E-state index contributed by atoms with van der Waals surface area (Å²) in [5, 5.41) is 10.4. The average Bonchev–Trinajstić information content (AvgIpc) is 2.77. The van der Waals surface area contributed by atoms with Gasteiger partial charge >= 0.3 is 0 Å². The number of aromatic hydroxyl groups is 1. The number of nitrogens with zero attached hydrogens (tertiary/aromatic N) is 1. The molecule has 0 saturated heterocycles. The van der Waals surface area contributed by atoms with E-state index in [4.69, 9.17) is 9.47 Å². The molecule has 4 rings (SSSR count). The molecule has 1 aromatic heterocycles. The summed E-state index contributed by atoms with van der Waals surface area (Å²) in [4.78, 5) is 4.07. The fourth-order valence-corrected chi connectivity index (χ4v) is 3.42. The van der Waals surface area contributed by atoms with Crippen LogP contribution in [-0.4, -0.2) is 17.2 Å². The Morgan fingerprint density at radius 3 is 2.10 bits per heavy atom. The Kier molecular flexibility index (Phi) is 5.43. The summed E-state index contributed by atoms with van der Waals surface area (Å²) >= 11 is 0. The fraction of sp³-hybridized carbons (Fsp3) is 0.0800. The number of ether oxygens (including phenoxy) is 2. The number of benzene rings is 3. The molecule has 1 atom stereocenters. The first-order valence-corrected chi connectivity index (χ1v) is 9.36. The minimum absolute atomic E-state index is 0.00742. The molecule has 1 N–H and O–H groups in total. The molecule has 0 amide bonds.